The van der Waals surface area contributed by atoms with Gasteiger partial charge in [-0.05, 0) is 54.8 Å². The molecular weight excluding hydrogens is 459 g/mol. The lowest BCUT2D eigenvalue weighted by Gasteiger charge is -2.27. The smallest absolute Gasteiger partial charge is 0.306 e. The zero-order valence-corrected chi connectivity index (χ0v) is 21.6. The van der Waals surface area contributed by atoms with Crippen LogP contribution in [0.4, 0.5) is 0 Å². The van der Waals surface area contributed by atoms with Gasteiger partial charge in [-0.2, -0.15) is 0 Å². The van der Waals surface area contributed by atoms with Gasteiger partial charge in [0.25, 0.3) is 0 Å². The zero-order valence-electron chi connectivity index (χ0n) is 20.7. The van der Waals surface area contributed by atoms with Crippen LogP contribution in [0.2, 0.25) is 0 Å². The maximum atomic E-state index is 12.1. The van der Waals surface area contributed by atoms with Crippen LogP contribution in [0.25, 0.3) is 0 Å². The van der Waals surface area contributed by atoms with E-state index >= 15 is 0 Å². The molecule has 182 valence electrons. The Kier molecular flexibility index (Phi) is 9.65. The van der Waals surface area contributed by atoms with Crippen molar-refractivity contribution in [1.82, 2.24) is 0 Å². The van der Waals surface area contributed by atoms with Crippen LogP contribution in [-0.2, 0) is 16.1 Å². The Morgan fingerprint density at radius 1 is 0.611 bits per heavy atom. The Morgan fingerprint density at radius 2 is 1.06 bits per heavy atom. The number of ether oxygens (including phenoxy) is 1. The quantitative estimate of drug-likeness (QED) is 0.0935. The molecule has 36 heavy (non-hydrogen) atoms. The predicted octanol–water partition coefficient (Wildman–Crippen LogP) is 6.84. The summed E-state index contributed by atoms with van der Waals surface area (Å²) in [7, 11) is -1.79. The number of benzene rings is 4. The van der Waals surface area contributed by atoms with E-state index in [9.17, 15) is 4.79 Å². The standard InChI is InChI=1S/C33H34O2P/c34-33(35-28-29-18-8-4-9-19-29)26-16-2-1-3-17-27-36(30-20-10-5-11-21-30,31-22-12-6-13-23-31)32-24-14-7-15-25-32/h1,3-15,18-25H,2,16-17,26-28H2/q+1/b3-1-. The molecule has 0 spiro atoms. The van der Waals surface area contributed by atoms with Crippen molar-refractivity contribution in [3.05, 3.63) is 139 Å². The van der Waals surface area contributed by atoms with Gasteiger partial charge in [0.2, 0.25) is 0 Å². The van der Waals surface area contributed by atoms with Crippen molar-refractivity contribution in [1.29, 1.82) is 0 Å². The molecule has 0 aromatic heterocycles. The Morgan fingerprint density at radius 3 is 1.56 bits per heavy atom. The normalized spacial score (nSPS) is 11.4. The number of unbranched alkanes of at least 4 members (excludes halogenated alkanes) is 1. The minimum Gasteiger partial charge on any atom is -0.461 e. The first-order valence-electron chi connectivity index (χ1n) is 12.7. The van der Waals surface area contributed by atoms with Crippen molar-refractivity contribution in [2.75, 3.05) is 6.16 Å². The molecule has 2 nitrogen and oxygen atoms in total. The van der Waals surface area contributed by atoms with Crippen molar-refractivity contribution < 1.29 is 9.53 Å². The first kappa shape index (κ1) is 25.6. The van der Waals surface area contributed by atoms with E-state index in [0.29, 0.717) is 13.0 Å². The summed E-state index contributed by atoms with van der Waals surface area (Å²) in [6.45, 7) is 0.347. The van der Waals surface area contributed by atoms with Crippen LogP contribution in [0.5, 0.6) is 0 Å². The van der Waals surface area contributed by atoms with E-state index in [0.717, 1.165) is 31.0 Å². The first-order chi connectivity index (χ1) is 17.8. The molecule has 3 heteroatoms. The lowest BCUT2D eigenvalue weighted by molar-refractivity contribution is -0.145. The second kappa shape index (κ2) is 13.6. The fourth-order valence-corrected chi connectivity index (χ4v) is 8.81. The van der Waals surface area contributed by atoms with Gasteiger partial charge in [0.1, 0.15) is 29.8 Å². The van der Waals surface area contributed by atoms with Gasteiger partial charge in [-0.1, -0.05) is 97.1 Å². The molecule has 0 N–H and O–H groups in total. The molecule has 4 aromatic carbocycles. The minimum absolute atomic E-state index is 0.130. The summed E-state index contributed by atoms with van der Waals surface area (Å²) < 4.78 is 5.39. The summed E-state index contributed by atoms with van der Waals surface area (Å²) in [6, 6.07) is 42.8. The van der Waals surface area contributed by atoms with Gasteiger partial charge < -0.3 is 4.74 Å². The van der Waals surface area contributed by atoms with E-state index in [2.05, 4.69) is 103 Å². The number of hydrogen-bond acceptors (Lipinski definition) is 2. The van der Waals surface area contributed by atoms with Crippen LogP contribution in [0.3, 0.4) is 0 Å². The Hall–Kier alpha value is -3.48. The van der Waals surface area contributed by atoms with Gasteiger partial charge in [-0.3, -0.25) is 4.79 Å². The molecule has 0 amide bonds. The summed E-state index contributed by atoms with van der Waals surface area (Å²) in [6.07, 6.45) is 8.71. The number of esters is 1. The number of carbonyl (C=O) groups excluding carboxylic acids is 1. The Balaban J connectivity index is 1.38. The van der Waals surface area contributed by atoms with Gasteiger partial charge in [0.05, 0.1) is 6.16 Å². The zero-order chi connectivity index (χ0) is 24.9. The molecule has 0 aliphatic heterocycles. The van der Waals surface area contributed by atoms with Crippen LogP contribution < -0.4 is 15.9 Å². The van der Waals surface area contributed by atoms with E-state index in [1.165, 1.54) is 15.9 Å². The molecule has 0 saturated heterocycles. The molecule has 0 fully saturated rings. The van der Waals surface area contributed by atoms with Gasteiger partial charge in [0, 0.05) is 12.8 Å². The molecule has 0 atom stereocenters. The average Bonchev–Trinajstić information content (AvgIpc) is 2.95. The van der Waals surface area contributed by atoms with Crippen LogP contribution >= 0.6 is 7.26 Å². The van der Waals surface area contributed by atoms with Gasteiger partial charge in [-0.15, -0.1) is 0 Å². The van der Waals surface area contributed by atoms with Crippen molar-refractivity contribution in [2.45, 2.75) is 32.3 Å². The molecule has 0 radical (unpaired) electrons. The number of carbonyl (C=O) groups is 1. The minimum atomic E-state index is -1.79. The molecule has 0 unspecified atom stereocenters. The molecular formula is C33H34O2P+. The van der Waals surface area contributed by atoms with Crippen molar-refractivity contribution in [2.24, 2.45) is 0 Å². The van der Waals surface area contributed by atoms with Gasteiger partial charge >= 0.3 is 5.97 Å². The molecule has 0 saturated carbocycles. The van der Waals surface area contributed by atoms with Crippen LogP contribution in [0.1, 0.15) is 31.2 Å². The maximum Gasteiger partial charge on any atom is 0.306 e. The van der Waals surface area contributed by atoms with E-state index < -0.39 is 7.26 Å². The molecule has 0 heterocycles. The van der Waals surface area contributed by atoms with E-state index in [-0.39, 0.29) is 5.97 Å². The van der Waals surface area contributed by atoms with E-state index in [1.54, 1.807) is 0 Å². The summed E-state index contributed by atoms with van der Waals surface area (Å²) in [4.78, 5) is 12.1. The third-order valence-electron chi connectivity index (χ3n) is 6.38. The summed E-state index contributed by atoms with van der Waals surface area (Å²) in [5.74, 6) is -0.130. The number of rotatable bonds is 12. The highest BCUT2D eigenvalue weighted by Gasteiger charge is 2.44. The fraction of sp³-hybridized carbons (Fsp3) is 0.182. The molecule has 0 bridgehead atoms. The maximum absolute atomic E-state index is 12.1. The monoisotopic (exact) mass is 493 g/mol. The largest absolute Gasteiger partial charge is 0.461 e. The summed E-state index contributed by atoms with van der Waals surface area (Å²) in [5.41, 5.74) is 1.02. The van der Waals surface area contributed by atoms with Crippen molar-refractivity contribution in [3.8, 4) is 0 Å². The van der Waals surface area contributed by atoms with Crippen LogP contribution in [-0.4, -0.2) is 12.1 Å². The molecule has 0 aliphatic carbocycles. The SMILES string of the molecule is O=C(CCC/C=C\CC[P+](c1ccccc1)(c1ccccc1)c1ccccc1)OCc1ccccc1. The highest BCUT2D eigenvalue weighted by atomic mass is 31.2. The number of allylic oxidation sites excluding steroid dienone is 2. The first-order valence-corrected chi connectivity index (χ1v) is 14.7. The average molecular weight is 494 g/mol. The second-order valence-electron chi connectivity index (χ2n) is 8.84. The van der Waals surface area contributed by atoms with Crippen molar-refractivity contribution >= 4 is 29.1 Å². The van der Waals surface area contributed by atoms with E-state index in [4.69, 9.17) is 4.74 Å². The summed E-state index contributed by atoms with van der Waals surface area (Å²) in [5, 5.41) is 4.24. The molecule has 4 rings (SSSR count). The Bertz CT molecular complexity index is 1110. The Labute approximate surface area is 216 Å². The highest BCUT2D eigenvalue weighted by Crippen LogP contribution is 2.55. The van der Waals surface area contributed by atoms with E-state index in [1.807, 2.05) is 30.3 Å². The van der Waals surface area contributed by atoms with Crippen LogP contribution in [0, 0.1) is 0 Å². The third-order valence-corrected chi connectivity index (χ3v) is 10.9. The van der Waals surface area contributed by atoms with Gasteiger partial charge in [-0.25, -0.2) is 0 Å². The lowest BCUT2D eigenvalue weighted by Crippen LogP contribution is -2.33. The molecule has 4 aromatic rings. The summed E-state index contributed by atoms with van der Waals surface area (Å²) >= 11 is 0. The third kappa shape index (κ3) is 6.80. The second-order valence-corrected chi connectivity index (χ2v) is 12.5. The van der Waals surface area contributed by atoms with Crippen molar-refractivity contribution in [3.63, 3.8) is 0 Å². The predicted molar refractivity (Wildman–Crippen MR) is 154 cm³/mol. The van der Waals surface area contributed by atoms with Crippen LogP contribution in [0.15, 0.2) is 133 Å². The fourth-order valence-electron chi connectivity index (χ4n) is 4.56. The lowest BCUT2D eigenvalue weighted by atomic mass is 10.2. The molecule has 0 aliphatic rings. The highest BCUT2D eigenvalue weighted by molar-refractivity contribution is 7.95. The van der Waals surface area contributed by atoms with Gasteiger partial charge in [0.15, 0.2) is 0 Å². The number of hydrogen-bond donors (Lipinski definition) is 0. The topological polar surface area (TPSA) is 26.3 Å².